The van der Waals surface area contributed by atoms with Crippen LogP contribution in [0.3, 0.4) is 0 Å². The number of nitrogens with zero attached hydrogens (tertiary/aromatic N) is 1. The molecule has 1 nitrogen and oxygen atoms in total. The van der Waals surface area contributed by atoms with Crippen LogP contribution in [0.2, 0.25) is 0 Å². The zero-order valence-electron chi connectivity index (χ0n) is 6.25. The molecule has 0 saturated carbocycles. The van der Waals surface area contributed by atoms with E-state index in [1.54, 1.807) is 18.0 Å². The van der Waals surface area contributed by atoms with Crippen molar-refractivity contribution >= 4 is 27.7 Å². The first kappa shape index (κ1) is 9.07. The van der Waals surface area contributed by atoms with Crippen molar-refractivity contribution in [3.05, 3.63) is 29.9 Å². The van der Waals surface area contributed by atoms with Crippen LogP contribution in [0.1, 0.15) is 6.92 Å². The highest BCUT2D eigenvalue weighted by molar-refractivity contribution is 9.10. The van der Waals surface area contributed by atoms with Crippen molar-refractivity contribution in [3.8, 4) is 0 Å². The van der Waals surface area contributed by atoms with Gasteiger partial charge in [0.25, 0.3) is 0 Å². The fourth-order valence-corrected chi connectivity index (χ4v) is 1.99. The van der Waals surface area contributed by atoms with Gasteiger partial charge in [-0.25, -0.2) is 0 Å². The maximum Gasteiger partial charge on any atom is 0.0411 e. The summed E-state index contributed by atoms with van der Waals surface area (Å²) in [6, 6.07) is 2.04. The van der Waals surface area contributed by atoms with E-state index in [1.165, 1.54) is 0 Å². The maximum atomic E-state index is 4.04. The molecule has 1 aromatic heterocycles. The highest BCUT2D eigenvalue weighted by Crippen LogP contribution is 2.23. The van der Waals surface area contributed by atoms with Gasteiger partial charge in [0, 0.05) is 27.0 Å². The summed E-state index contributed by atoms with van der Waals surface area (Å²) >= 11 is 5.06. The molecule has 59 valence electrons. The normalized spacial score (nSPS) is 10.5. The van der Waals surface area contributed by atoms with Gasteiger partial charge in [0.2, 0.25) is 0 Å². The predicted molar refractivity (Wildman–Crippen MR) is 52.6 cm³/mol. The van der Waals surface area contributed by atoms with E-state index in [4.69, 9.17) is 0 Å². The van der Waals surface area contributed by atoms with Gasteiger partial charge >= 0.3 is 0 Å². The van der Waals surface area contributed by atoms with E-state index in [2.05, 4.69) is 34.8 Å². The Morgan fingerprint density at radius 3 is 2.91 bits per heavy atom. The highest BCUT2D eigenvalue weighted by Gasteiger charge is 1.98. The number of thioether (sulfide) groups is 1. The predicted octanol–water partition coefficient (Wildman–Crippen LogP) is 3.16. The Labute approximate surface area is 79.7 Å². The molecule has 1 unspecified atom stereocenters. The SMILES string of the molecule is [CH2]C(C)Sc1cncc(Br)c1. The van der Waals surface area contributed by atoms with Gasteiger partial charge in [0.1, 0.15) is 0 Å². The van der Waals surface area contributed by atoms with Crippen LogP contribution in [0, 0.1) is 6.92 Å². The number of aromatic nitrogens is 1. The summed E-state index contributed by atoms with van der Waals surface area (Å²) in [6.45, 7) is 5.94. The Kier molecular flexibility index (Phi) is 3.40. The van der Waals surface area contributed by atoms with Gasteiger partial charge in [-0.2, -0.15) is 0 Å². The van der Waals surface area contributed by atoms with Crippen molar-refractivity contribution in [1.29, 1.82) is 0 Å². The Balaban J connectivity index is 2.71. The molecule has 0 aliphatic rings. The lowest BCUT2D eigenvalue weighted by Crippen LogP contribution is -1.86. The first-order valence-corrected chi connectivity index (χ1v) is 4.96. The molecule has 11 heavy (non-hydrogen) atoms. The second kappa shape index (κ2) is 4.12. The number of hydrogen-bond acceptors (Lipinski definition) is 2. The van der Waals surface area contributed by atoms with Gasteiger partial charge in [-0.15, -0.1) is 11.8 Å². The second-order valence-electron chi connectivity index (χ2n) is 2.27. The Morgan fingerprint density at radius 1 is 1.64 bits per heavy atom. The number of pyridine rings is 1. The lowest BCUT2D eigenvalue weighted by molar-refractivity contribution is 1.19. The minimum absolute atomic E-state index is 0.367. The second-order valence-corrected chi connectivity index (χ2v) is 4.69. The Hall–Kier alpha value is -0.0200. The molecule has 0 saturated heterocycles. The lowest BCUT2D eigenvalue weighted by atomic mass is 10.5. The number of halogens is 1. The minimum Gasteiger partial charge on any atom is -0.262 e. The summed E-state index contributed by atoms with van der Waals surface area (Å²) < 4.78 is 1.02. The van der Waals surface area contributed by atoms with Gasteiger partial charge in [-0.05, 0) is 28.9 Å². The number of hydrogen-bond donors (Lipinski definition) is 0. The third kappa shape index (κ3) is 3.25. The van der Waals surface area contributed by atoms with Crippen molar-refractivity contribution in [3.63, 3.8) is 0 Å². The van der Waals surface area contributed by atoms with Crippen LogP contribution in [0.25, 0.3) is 0 Å². The molecule has 1 heterocycles. The van der Waals surface area contributed by atoms with E-state index < -0.39 is 0 Å². The minimum atomic E-state index is 0.367. The highest BCUT2D eigenvalue weighted by atomic mass is 79.9. The molecule has 0 amide bonds. The Bertz CT molecular complexity index is 237. The fourth-order valence-electron chi connectivity index (χ4n) is 0.689. The molecule has 0 N–H and O–H groups in total. The van der Waals surface area contributed by atoms with Crippen molar-refractivity contribution in [1.82, 2.24) is 4.98 Å². The average molecular weight is 231 g/mol. The molecule has 1 rings (SSSR count). The monoisotopic (exact) mass is 230 g/mol. The van der Waals surface area contributed by atoms with Gasteiger partial charge in [0.15, 0.2) is 0 Å². The summed E-state index contributed by atoms with van der Waals surface area (Å²) in [4.78, 5) is 5.20. The third-order valence-corrected chi connectivity index (χ3v) is 2.35. The van der Waals surface area contributed by atoms with E-state index >= 15 is 0 Å². The molecule has 1 atom stereocenters. The standard InChI is InChI=1S/C8H9BrNS/c1-6(2)11-8-3-7(9)4-10-5-8/h3-6H,1H2,2H3. The molecule has 0 aliphatic carbocycles. The smallest absolute Gasteiger partial charge is 0.0411 e. The zero-order valence-corrected chi connectivity index (χ0v) is 8.65. The van der Waals surface area contributed by atoms with E-state index in [9.17, 15) is 0 Å². The lowest BCUT2D eigenvalue weighted by Gasteiger charge is -2.03. The van der Waals surface area contributed by atoms with Crippen LogP contribution in [0.4, 0.5) is 0 Å². The van der Waals surface area contributed by atoms with Crippen molar-refractivity contribution in [2.45, 2.75) is 17.1 Å². The van der Waals surface area contributed by atoms with Crippen LogP contribution in [0.15, 0.2) is 27.8 Å². The molecule has 0 spiro atoms. The van der Waals surface area contributed by atoms with Gasteiger partial charge in [-0.3, -0.25) is 4.98 Å². The maximum absolute atomic E-state index is 4.04. The molecule has 1 aromatic rings. The molecular weight excluding hydrogens is 222 g/mol. The molecule has 1 radical (unpaired) electrons. The number of rotatable bonds is 2. The molecule has 3 heteroatoms. The molecule has 0 aromatic carbocycles. The van der Waals surface area contributed by atoms with Crippen molar-refractivity contribution < 1.29 is 0 Å². The van der Waals surface area contributed by atoms with Crippen molar-refractivity contribution in [2.24, 2.45) is 0 Å². The van der Waals surface area contributed by atoms with Crippen LogP contribution >= 0.6 is 27.7 Å². The van der Waals surface area contributed by atoms with Gasteiger partial charge < -0.3 is 0 Å². The fraction of sp³-hybridized carbons (Fsp3) is 0.250. The van der Waals surface area contributed by atoms with E-state index in [0.29, 0.717) is 5.25 Å². The summed E-state index contributed by atoms with van der Waals surface area (Å²) in [5, 5.41) is 0.367. The van der Waals surface area contributed by atoms with E-state index in [-0.39, 0.29) is 0 Å². The largest absolute Gasteiger partial charge is 0.262 e. The summed E-state index contributed by atoms with van der Waals surface area (Å²) in [7, 11) is 0. The van der Waals surface area contributed by atoms with Gasteiger partial charge in [0.05, 0.1) is 0 Å². The van der Waals surface area contributed by atoms with Crippen LogP contribution < -0.4 is 0 Å². The third-order valence-electron chi connectivity index (χ3n) is 1.02. The first-order valence-electron chi connectivity index (χ1n) is 3.29. The topological polar surface area (TPSA) is 12.9 Å². The van der Waals surface area contributed by atoms with E-state index in [0.717, 1.165) is 9.37 Å². The molecular formula is C8H9BrNS. The van der Waals surface area contributed by atoms with E-state index in [1.807, 2.05) is 12.3 Å². The molecule has 0 fully saturated rings. The zero-order chi connectivity index (χ0) is 8.27. The summed E-state index contributed by atoms with van der Waals surface area (Å²) in [5.41, 5.74) is 0. The van der Waals surface area contributed by atoms with Gasteiger partial charge in [-0.1, -0.05) is 6.92 Å². The average Bonchev–Trinajstić information content (AvgIpc) is 1.85. The van der Waals surface area contributed by atoms with Crippen molar-refractivity contribution in [2.75, 3.05) is 0 Å². The van der Waals surface area contributed by atoms with Crippen LogP contribution in [-0.2, 0) is 0 Å². The molecule has 0 aliphatic heterocycles. The Morgan fingerprint density at radius 2 is 2.36 bits per heavy atom. The first-order chi connectivity index (χ1) is 5.18. The summed E-state index contributed by atoms with van der Waals surface area (Å²) in [5.74, 6) is 0. The molecule has 0 bridgehead atoms. The quantitative estimate of drug-likeness (QED) is 0.725. The summed E-state index contributed by atoms with van der Waals surface area (Å²) in [6.07, 6.45) is 3.62. The van der Waals surface area contributed by atoms with Crippen LogP contribution in [-0.4, -0.2) is 10.2 Å². The van der Waals surface area contributed by atoms with Crippen LogP contribution in [0.5, 0.6) is 0 Å².